The zero-order valence-electron chi connectivity index (χ0n) is 16.8. The van der Waals surface area contributed by atoms with Crippen molar-refractivity contribution in [3.63, 3.8) is 0 Å². The molecule has 1 heterocycles. The van der Waals surface area contributed by atoms with Gasteiger partial charge < -0.3 is 14.2 Å². The number of carbonyl (C=O) groups is 2. The SMILES string of the molecule is CCOc1cc(/C=C2\N=C(c3ccc(C)c([N+](=O)[O-])c3)OC2=O)cc(Cl)c1OC(C)=O. The van der Waals surface area contributed by atoms with Crippen LogP contribution >= 0.6 is 11.6 Å². The lowest BCUT2D eigenvalue weighted by molar-refractivity contribution is -0.385. The lowest BCUT2D eigenvalue weighted by atomic mass is 10.1. The molecule has 160 valence electrons. The lowest BCUT2D eigenvalue weighted by Crippen LogP contribution is -2.06. The minimum atomic E-state index is -0.726. The molecule has 0 unspecified atom stereocenters. The van der Waals surface area contributed by atoms with E-state index in [4.69, 9.17) is 25.8 Å². The molecule has 0 spiro atoms. The van der Waals surface area contributed by atoms with E-state index in [1.165, 1.54) is 31.2 Å². The maximum atomic E-state index is 12.3. The number of nitro groups is 1. The van der Waals surface area contributed by atoms with Crippen molar-refractivity contribution in [2.75, 3.05) is 6.61 Å². The fourth-order valence-corrected chi connectivity index (χ4v) is 3.06. The van der Waals surface area contributed by atoms with Gasteiger partial charge in [0.25, 0.3) is 5.69 Å². The highest BCUT2D eigenvalue weighted by Gasteiger charge is 2.26. The van der Waals surface area contributed by atoms with Crippen LogP contribution in [-0.2, 0) is 14.3 Å². The predicted octanol–water partition coefficient (Wildman–Crippen LogP) is 4.23. The van der Waals surface area contributed by atoms with Gasteiger partial charge in [-0.05, 0) is 43.7 Å². The molecule has 0 bridgehead atoms. The number of benzene rings is 2. The molecule has 9 nitrogen and oxygen atoms in total. The Kier molecular flexibility index (Phi) is 6.36. The van der Waals surface area contributed by atoms with E-state index in [9.17, 15) is 19.7 Å². The van der Waals surface area contributed by atoms with Crippen LogP contribution in [0.1, 0.15) is 30.5 Å². The summed E-state index contributed by atoms with van der Waals surface area (Å²) in [7, 11) is 0. The summed E-state index contributed by atoms with van der Waals surface area (Å²) < 4.78 is 15.8. The fourth-order valence-electron chi connectivity index (χ4n) is 2.81. The highest BCUT2D eigenvalue weighted by Crippen LogP contribution is 2.37. The smallest absolute Gasteiger partial charge is 0.363 e. The summed E-state index contributed by atoms with van der Waals surface area (Å²) in [6.45, 7) is 4.89. The van der Waals surface area contributed by atoms with Gasteiger partial charge in [0.15, 0.2) is 17.2 Å². The zero-order valence-corrected chi connectivity index (χ0v) is 17.6. The Labute approximate surface area is 182 Å². The van der Waals surface area contributed by atoms with Crippen molar-refractivity contribution >= 4 is 41.2 Å². The van der Waals surface area contributed by atoms with Gasteiger partial charge in [0.1, 0.15) is 0 Å². The molecule has 0 aliphatic carbocycles. The topological polar surface area (TPSA) is 117 Å². The van der Waals surface area contributed by atoms with Crippen LogP contribution in [0.25, 0.3) is 6.08 Å². The van der Waals surface area contributed by atoms with Gasteiger partial charge in [0.05, 0.1) is 16.6 Å². The van der Waals surface area contributed by atoms with Crippen LogP contribution in [0.15, 0.2) is 41.0 Å². The number of halogens is 1. The average molecular weight is 445 g/mol. The number of hydrogen-bond donors (Lipinski definition) is 0. The molecule has 0 saturated carbocycles. The molecule has 0 saturated heterocycles. The van der Waals surface area contributed by atoms with Gasteiger partial charge in [-0.1, -0.05) is 17.7 Å². The monoisotopic (exact) mass is 444 g/mol. The molecule has 1 aliphatic rings. The Hall–Kier alpha value is -3.72. The standard InChI is InChI=1S/C21H17ClN2O7/c1-4-29-18-9-13(7-15(22)19(18)30-12(3)25)8-16-21(26)31-20(23-16)14-6-5-11(2)17(10-14)24(27)28/h5-10H,4H2,1-3H3/b16-8-. The first-order valence-corrected chi connectivity index (χ1v) is 9.50. The maximum absolute atomic E-state index is 12.3. The molecular formula is C21H17ClN2O7. The predicted molar refractivity (Wildman–Crippen MR) is 112 cm³/mol. The first-order valence-electron chi connectivity index (χ1n) is 9.12. The molecule has 0 atom stereocenters. The van der Waals surface area contributed by atoms with Crippen molar-refractivity contribution in [2.24, 2.45) is 4.99 Å². The van der Waals surface area contributed by atoms with Crippen molar-refractivity contribution in [3.05, 3.63) is 67.9 Å². The quantitative estimate of drug-likeness (QED) is 0.215. The van der Waals surface area contributed by atoms with Crippen molar-refractivity contribution < 1.29 is 28.7 Å². The molecule has 1 aliphatic heterocycles. The van der Waals surface area contributed by atoms with Gasteiger partial charge in [-0.15, -0.1) is 0 Å². The van der Waals surface area contributed by atoms with Crippen LogP contribution < -0.4 is 9.47 Å². The number of nitrogens with zero attached hydrogens (tertiary/aromatic N) is 2. The van der Waals surface area contributed by atoms with Gasteiger partial charge in [-0.2, -0.15) is 0 Å². The van der Waals surface area contributed by atoms with Gasteiger partial charge in [-0.25, -0.2) is 9.79 Å². The largest absolute Gasteiger partial charge is 0.490 e. The van der Waals surface area contributed by atoms with Crippen LogP contribution in [0.5, 0.6) is 11.5 Å². The number of esters is 2. The highest BCUT2D eigenvalue weighted by atomic mass is 35.5. The van der Waals surface area contributed by atoms with E-state index in [1.54, 1.807) is 26.0 Å². The van der Waals surface area contributed by atoms with E-state index in [2.05, 4.69) is 4.99 Å². The summed E-state index contributed by atoms with van der Waals surface area (Å²) in [5, 5.41) is 11.3. The Balaban J connectivity index is 1.99. The van der Waals surface area contributed by atoms with E-state index < -0.39 is 16.9 Å². The Morgan fingerprint density at radius 2 is 2.06 bits per heavy atom. The Morgan fingerprint density at radius 3 is 2.71 bits per heavy atom. The fraction of sp³-hybridized carbons (Fsp3) is 0.190. The molecule has 2 aromatic carbocycles. The van der Waals surface area contributed by atoms with Gasteiger partial charge in [0, 0.05) is 24.1 Å². The molecule has 0 fully saturated rings. The number of carbonyl (C=O) groups excluding carboxylic acids is 2. The third kappa shape index (κ3) is 4.89. The Morgan fingerprint density at radius 1 is 1.32 bits per heavy atom. The number of ether oxygens (including phenoxy) is 3. The number of rotatable bonds is 6. The van der Waals surface area contributed by atoms with E-state index in [-0.39, 0.29) is 33.8 Å². The van der Waals surface area contributed by atoms with Crippen molar-refractivity contribution in [1.82, 2.24) is 0 Å². The number of aliphatic imine (C=N–C) groups is 1. The molecule has 0 amide bonds. The highest BCUT2D eigenvalue weighted by molar-refractivity contribution is 6.32. The number of hydrogen-bond acceptors (Lipinski definition) is 8. The third-order valence-electron chi connectivity index (χ3n) is 4.15. The van der Waals surface area contributed by atoms with E-state index in [0.717, 1.165) is 0 Å². The molecule has 2 aromatic rings. The normalized spacial score (nSPS) is 14.3. The van der Waals surface area contributed by atoms with E-state index in [1.807, 2.05) is 0 Å². The molecule has 10 heteroatoms. The van der Waals surface area contributed by atoms with Gasteiger partial charge in [-0.3, -0.25) is 14.9 Å². The minimum Gasteiger partial charge on any atom is -0.490 e. The minimum absolute atomic E-state index is 0.0306. The van der Waals surface area contributed by atoms with Crippen LogP contribution in [0.4, 0.5) is 5.69 Å². The zero-order chi connectivity index (χ0) is 22.7. The molecule has 0 aromatic heterocycles. The molecule has 31 heavy (non-hydrogen) atoms. The summed E-state index contributed by atoms with van der Waals surface area (Å²) in [6, 6.07) is 7.44. The maximum Gasteiger partial charge on any atom is 0.363 e. The van der Waals surface area contributed by atoms with Crippen LogP contribution in [-0.4, -0.2) is 29.4 Å². The summed E-state index contributed by atoms with van der Waals surface area (Å²) >= 11 is 6.22. The third-order valence-corrected chi connectivity index (χ3v) is 4.43. The summed E-state index contributed by atoms with van der Waals surface area (Å²) in [5.41, 5.74) is 1.09. The summed E-state index contributed by atoms with van der Waals surface area (Å²) in [5.74, 6) is -1.04. The van der Waals surface area contributed by atoms with Gasteiger partial charge in [0.2, 0.25) is 5.90 Å². The molecule has 3 rings (SSSR count). The second-order valence-corrected chi connectivity index (χ2v) is 6.86. The van der Waals surface area contributed by atoms with Crippen molar-refractivity contribution in [2.45, 2.75) is 20.8 Å². The van der Waals surface area contributed by atoms with E-state index in [0.29, 0.717) is 23.3 Å². The summed E-state index contributed by atoms with van der Waals surface area (Å²) in [4.78, 5) is 38.4. The second-order valence-electron chi connectivity index (χ2n) is 6.45. The lowest BCUT2D eigenvalue weighted by Gasteiger charge is -2.12. The van der Waals surface area contributed by atoms with Crippen molar-refractivity contribution in [1.29, 1.82) is 0 Å². The van der Waals surface area contributed by atoms with Crippen molar-refractivity contribution in [3.8, 4) is 11.5 Å². The van der Waals surface area contributed by atoms with Gasteiger partial charge >= 0.3 is 11.9 Å². The number of nitro benzene ring substituents is 1. The van der Waals surface area contributed by atoms with E-state index >= 15 is 0 Å². The first-order chi connectivity index (χ1) is 14.7. The molecular weight excluding hydrogens is 428 g/mol. The Bertz CT molecular complexity index is 1150. The first kappa shape index (κ1) is 22.0. The summed E-state index contributed by atoms with van der Waals surface area (Å²) in [6.07, 6.45) is 1.42. The van der Waals surface area contributed by atoms with Crippen LogP contribution in [0.3, 0.4) is 0 Å². The average Bonchev–Trinajstić information content (AvgIpc) is 3.05. The molecule has 0 N–H and O–H groups in total. The number of aryl methyl sites for hydroxylation is 1. The van der Waals surface area contributed by atoms with Crippen LogP contribution in [0, 0.1) is 17.0 Å². The second kappa shape index (κ2) is 8.97. The molecule has 0 radical (unpaired) electrons. The number of cyclic esters (lactones) is 1. The van der Waals surface area contributed by atoms with Crippen LogP contribution in [0.2, 0.25) is 5.02 Å².